The second-order valence-corrected chi connectivity index (χ2v) is 20.2. The second kappa shape index (κ2) is 13.3. The number of nitrogens with zero attached hydrogens (tertiary/aromatic N) is 1. The van der Waals surface area contributed by atoms with Crippen LogP contribution in [0.25, 0.3) is 0 Å². The summed E-state index contributed by atoms with van der Waals surface area (Å²) < 4.78 is 0. The van der Waals surface area contributed by atoms with E-state index in [4.69, 9.17) is 10.8 Å². The Balaban J connectivity index is 1.52. The Labute approximate surface area is 251 Å². The van der Waals surface area contributed by atoms with Gasteiger partial charge in [-0.2, -0.15) is 0 Å². The molecule has 4 N–H and O–H groups in total. The molecule has 1 fully saturated rings. The molecule has 0 saturated carbocycles. The molecule has 4 rings (SSSR count). The van der Waals surface area contributed by atoms with Gasteiger partial charge in [-0.15, -0.1) is 0 Å². The molecule has 3 aromatic carbocycles. The zero-order valence-corrected chi connectivity index (χ0v) is 25.7. The summed E-state index contributed by atoms with van der Waals surface area (Å²) in [5.41, 5.74) is 5.87. The van der Waals surface area contributed by atoms with Crippen molar-refractivity contribution in [3.8, 4) is 0 Å². The van der Waals surface area contributed by atoms with Gasteiger partial charge in [0.05, 0.1) is 0 Å². The molecule has 3 aromatic rings. The number of amides is 3. The Hall–Kier alpha value is -3.04. The molecule has 1 aliphatic heterocycles. The average molecular weight is 659 g/mol. The number of likely N-dealkylation sites (tertiary alicyclic amines) is 1. The molecule has 8 nitrogen and oxygen atoms in total. The number of halogens is 1. The molecule has 1 aliphatic rings. The van der Waals surface area contributed by atoms with Crippen molar-refractivity contribution in [2.45, 2.75) is 24.1 Å². The van der Waals surface area contributed by atoms with E-state index in [1.165, 1.54) is 20.8 Å². The van der Waals surface area contributed by atoms with Crippen LogP contribution < -0.4 is 27.0 Å². The zero-order valence-electron chi connectivity index (χ0n) is 22.4. The summed E-state index contributed by atoms with van der Waals surface area (Å²) in [6.45, 7) is -0.255. The summed E-state index contributed by atoms with van der Waals surface area (Å²) in [5.74, 6) is -2.22. The minimum absolute atomic E-state index is 0.0426. The maximum atomic E-state index is 13.2. The SMILES string of the molecule is N[C@@H](CSC1CC(=O)N(CCCP(Br)(c2ccccc2)(c2ccccc2)c2ccccc2)C1=O)C(=O)NCC(=O)O. The molecule has 1 heterocycles. The van der Waals surface area contributed by atoms with Gasteiger partial charge in [-0.05, 0) is 0 Å². The first-order valence-corrected chi connectivity index (χ1v) is 18.7. The number of hydrogen-bond donors (Lipinski definition) is 3. The van der Waals surface area contributed by atoms with Crippen LogP contribution in [0.2, 0.25) is 0 Å². The Morgan fingerprint density at radius 1 is 0.951 bits per heavy atom. The molecule has 11 heteroatoms. The molecular formula is C30H33BrN3O5PS. The molecule has 1 saturated heterocycles. The van der Waals surface area contributed by atoms with Crippen molar-refractivity contribution in [1.29, 1.82) is 0 Å². The van der Waals surface area contributed by atoms with Crippen LogP contribution in [0.15, 0.2) is 91.0 Å². The number of carbonyl (C=O) groups is 4. The number of nitrogens with one attached hydrogen (secondary N) is 1. The van der Waals surface area contributed by atoms with Crippen LogP contribution in [0.1, 0.15) is 12.8 Å². The molecule has 0 aliphatic carbocycles. The fourth-order valence-corrected chi connectivity index (χ4v) is 14.0. The zero-order chi connectivity index (χ0) is 29.5. The number of nitrogens with two attached hydrogens (primary N) is 1. The van der Waals surface area contributed by atoms with E-state index in [0.717, 1.165) is 11.8 Å². The molecule has 0 radical (unpaired) electrons. The molecule has 0 spiro atoms. The minimum Gasteiger partial charge on any atom is -0.480 e. The van der Waals surface area contributed by atoms with Gasteiger partial charge in [0, 0.05) is 0 Å². The number of imide groups is 1. The molecule has 41 heavy (non-hydrogen) atoms. The molecule has 1 unspecified atom stereocenters. The Morgan fingerprint density at radius 3 is 1.90 bits per heavy atom. The fraction of sp³-hybridized carbons (Fsp3) is 0.267. The van der Waals surface area contributed by atoms with E-state index in [-0.39, 0.29) is 30.5 Å². The van der Waals surface area contributed by atoms with Crippen molar-refractivity contribution >= 4 is 72.2 Å². The van der Waals surface area contributed by atoms with Gasteiger partial charge < -0.3 is 5.11 Å². The first-order chi connectivity index (χ1) is 19.6. The maximum absolute atomic E-state index is 13.2. The standard InChI is InChI=1S/C30H33BrN3O5PS/c31-40(22-11-4-1-5-12-22,23-13-6-2-7-14-23,24-15-8-3-9-16-24)18-10-17-34-27(35)19-26(30(34)39)41-21-25(32)29(38)33-20-28(36)37/h1-9,11-16,25-26H,10,17-21,32H2,(H,33,38)(H,36,37)/t25-,26?/m0/s1. The first kappa shape index (κ1) is 30.9. The Morgan fingerprint density at radius 2 is 1.44 bits per heavy atom. The van der Waals surface area contributed by atoms with E-state index < -0.39 is 35.0 Å². The number of hydrogen-bond acceptors (Lipinski definition) is 6. The Bertz CT molecular complexity index is 1300. The third kappa shape index (κ3) is 6.56. The van der Waals surface area contributed by atoms with Gasteiger partial charge in [-0.25, -0.2) is 0 Å². The van der Waals surface area contributed by atoms with Crippen LogP contribution in [-0.2, 0) is 19.2 Å². The van der Waals surface area contributed by atoms with E-state index in [0.29, 0.717) is 12.6 Å². The monoisotopic (exact) mass is 657 g/mol. The normalized spacial score (nSPS) is 17.1. The van der Waals surface area contributed by atoms with Gasteiger partial charge >= 0.3 is 243 Å². The van der Waals surface area contributed by atoms with Crippen LogP contribution >= 0.6 is 32.6 Å². The average Bonchev–Trinajstić information content (AvgIpc) is 3.27. The molecule has 216 valence electrons. The van der Waals surface area contributed by atoms with Crippen LogP contribution in [0, 0.1) is 0 Å². The van der Waals surface area contributed by atoms with Gasteiger partial charge in [0.25, 0.3) is 0 Å². The van der Waals surface area contributed by atoms with Crippen molar-refractivity contribution in [1.82, 2.24) is 10.2 Å². The minimum atomic E-state index is -3.18. The van der Waals surface area contributed by atoms with Crippen LogP contribution in [0.5, 0.6) is 0 Å². The number of thioether (sulfide) groups is 1. The molecule has 0 bridgehead atoms. The van der Waals surface area contributed by atoms with Gasteiger partial charge in [-0.1, -0.05) is 0 Å². The van der Waals surface area contributed by atoms with Gasteiger partial charge in [0.2, 0.25) is 0 Å². The molecular weight excluding hydrogens is 625 g/mol. The van der Waals surface area contributed by atoms with Gasteiger partial charge in [0.1, 0.15) is 0 Å². The van der Waals surface area contributed by atoms with Crippen molar-refractivity contribution < 1.29 is 24.3 Å². The van der Waals surface area contributed by atoms with E-state index in [9.17, 15) is 19.2 Å². The molecule has 0 aromatic heterocycles. The van der Waals surface area contributed by atoms with Crippen LogP contribution in [0.4, 0.5) is 0 Å². The summed E-state index contributed by atoms with van der Waals surface area (Å²) in [6, 6.07) is 30.0. The van der Waals surface area contributed by atoms with Gasteiger partial charge in [-0.3, -0.25) is 4.79 Å². The predicted molar refractivity (Wildman–Crippen MR) is 170 cm³/mol. The van der Waals surface area contributed by atoms with Crippen molar-refractivity contribution in [2.24, 2.45) is 5.73 Å². The molecule has 2 atom stereocenters. The van der Waals surface area contributed by atoms with Crippen LogP contribution in [0.3, 0.4) is 0 Å². The first-order valence-electron chi connectivity index (χ1n) is 13.3. The third-order valence-electron chi connectivity index (χ3n) is 7.27. The summed E-state index contributed by atoms with van der Waals surface area (Å²) in [5, 5.41) is 10.6. The van der Waals surface area contributed by atoms with Gasteiger partial charge in [0.15, 0.2) is 0 Å². The topological polar surface area (TPSA) is 130 Å². The van der Waals surface area contributed by atoms with E-state index in [1.807, 2.05) is 54.6 Å². The van der Waals surface area contributed by atoms with E-state index in [2.05, 4.69) is 57.2 Å². The van der Waals surface area contributed by atoms with Crippen molar-refractivity contribution in [2.75, 3.05) is 25.0 Å². The fourth-order valence-electron chi connectivity index (χ4n) is 5.18. The molecule has 3 amide bonds. The van der Waals surface area contributed by atoms with E-state index in [1.54, 1.807) is 0 Å². The smallest absolute Gasteiger partial charge is 0.480 e. The Kier molecular flexibility index (Phi) is 10.0. The quantitative estimate of drug-likeness (QED) is 0.190. The van der Waals surface area contributed by atoms with Crippen LogP contribution in [-0.4, -0.2) is 70.0 Å². The summed E-state index contributed by atoms with van der Waals surface area (Å²) in [7, 11) is 0. The summed E-state index contributed by atoms with van der Waals surface area (Å²) >= 11 is 5.55. The van der Waals surface area contributed by atoms with Crippen molar-refractivity contribution in [3.05, 3.63) is 91.0 Å². The number of aliphatic carboxylic acids is 1. The summed E-state index contributed by atoms with van der Waals surface area (Å²) in [6.07, 6.45) is 1.31. The third-order valence-corrected chi connectivity index (χ3v) is 18.6. The number of carboxylic acids is 1. The second-order valence-electron chi connectivity index (χ2n) is 9.89. The number of benzene rings is 3. The van der Waals surface area contributed by atoms with E-state index >= 15 is 0 Å². The number of carbonyl (C=O) groups excluding carboxylic acids is 3. The predicted octanol–water partition coefficient (Wildman–Crippen LogP) is 2.61. The summed E-state index contributed by atoms with van der Waals surface area (Å²) in [4.78, 5) is 50.1. The number of rotatable bonds is 13. The van der Waals surface area contributed by atoms with Crippen molar-refractivity contribution in [3.63, 3.8) is 0 Å². The number of carboxylic acid groups (broad SMARTS) is 1.